The fourth-order valence-electron chi connectivity index (χ4n) is 4.76. The zero-order valence-corrected chi connectivity index (χ0v) is 20.0. The van der Waals surface area contributed by atoms with Crippen molar-refractivity contribution in [3.63, 3.8) is 0 Å². The molecule has 4 rings (SSSR count). The lowest BCUT2D eigenvalue weighted by Gasteiger charge is -2.34. The van der Waals surface area contributed by atoms with E-state index in [0.29, 0.717) is 21.3 Å². The molecule has 1 aromatic heterocycles. The van der Waals surface area contributed by atoms with Gasteiger partial charge in [0.15, 0.2) is 5.82 Å². The third kappa shape index (κ3) is 6.37. The molecule has 2 aliphatic rings. The molecule has 0 spiro atoms. The molecule has 0 unspecified atom stereocenters. The first-order valence-electron chi connectivity index (χ1n) is 11.8. The second kappa shape index (κ2) is 11.4. The Morgan fingerprint density at radius 1 is 1.00 bits per heavy atom. The highest BCUT2D eigenvalue weighted by atomic mass is 35.5. The summed E-state index contributed by atoms with van der Waals surface area (Å²) in [5.74, 6) is 1.33. The number of rotatable bonds is 6. The van der Waals surface area contributed by atoms with Crippen LogP contribution in [0.5, 0.6) is 0 Å². The molecule has 1 N–H and O–H groups in total. The summed E-state index contributed by atoms with van der Waals surface area (Å²) >= 11 is 12.2. The van der Waals surface area contributed by atoms with Gasteiger partial charge < -0.3 is 15.1 Å². The van der Waals surface area contributed by atoms with Crippen molar-refractivity contribution in [1.29, 1.82) is 0 Å². The Kier molecular flexibility index (Phi) is 8.28. The van der Waals surface area contributed by atoms with Crippen LogP contribution in [0.3, 0.4) is 0 Å². The monoisotopic (exact) mass is 474 g/mol. The van der Waals surface area contributed by atoms with E-state index in [4.69, 9.17) is 23.2 Å². The molecule has 2 aromatic rings. The van der Waals surface area contributed by atoms with Crippen molar-refractivity contribution in [3.05, 3.63) is 52.1 Å². The predicted octanol–water partition coefficient (Wildman–Crippen LogP) is 6.12. The van der Waals surface area contributed by atoms with Gasteiger partial charge in [-0.3, -0.25) is 4.79 Å². The number of benzene rings is 1. The van der Waals surface area contributed by atoms with Crippen molar-refractivity contribution in [2.45, 2.75) is 44.9 Å². The first-order valence-corrected chi connectivity index (χ1v) is 12.5. The number of carbonyl (C=O) groups is 1. The van der Waals surface area contributed by atoms with Gasteiger partial charge in [0.2, 0.25) is 0 Å². The summed E-state index contributed by atoms with van der Waals surface area (Å²) in [4.78, 5) is 22.3. The summed E-state index contributed by atoms with van der Waals surface area (Å²) in [6, 6.07) is 8.70. The highest BCUT2D eigenvalue weighted by Gasteiger charge is 2.24. The van der Waals surface area contributed by atoms with Crippen LogP contribution in [-0.2, 0) is 0 Å². The number of aromatic nitrogens is 1. The summed E-state index contributed by atoms with van der Waals surface area (Å²) in [7, 11) is 0. The molecule has 2 fully saturated rings. The number of nitrogens with zero attached hydrogens (tertiary/aromatic N) is 3. The molecule has 0 radical (unpaired) electrons. The normalized spacial score (nSPS) is 18.4. The van der Waals surface area contributed by atoms with Crippen molar-refractivity contribution < 1.29 is 4.79 Å². The first-order chi connectivity index (χ1) is 15.6. The number of pyridine rings is 1. The quantitative estimate of drug-likeness (QED) is 0.547. The van der Waals surface area contributed by atoms with Crippen LogP contribution in [0.4, 0.5) is 11.5 Å². The summed E-state index contributed by atoms with van der Waals surface area (Å²) in [5.41, 5.74) is 1.15. The van der Waals surface area contributed by atoms with Gasteiger partial charge in [-0.15, -0.1) is 0 Å². The van der Waals surface area contributed by atoms with Crippen molar-refractivity contribution in [1.82, 2.24) is 9.88 Å². The van der Waals surface area contributed by atoms with E-state index in [0.717, 1.165) is 37.7 Å². The first kappa shape index (κ1) is 23.3. The van der Waals surface area contributed by atoms with E-state index in [1.807, 2.05) is 0 Å². The van der Waals surface area contributed by atoms with Gasteiger partial charge in [-0.2, -0.15) is 0 Å². The Morgan fingerprint density at radius 2 is 1.75 bits per heavy atom. The zero-order valence-electron chi connectivity index (χ0n) is 18.5. The van der Waals surface area contributed by atoms with Gasteiger partial charge in [-0.05, 0) is 81.9 Å². The molecule has 1 amide bonds. The molecular formula is C25H32Cl2N4O. The van der Waals surface area contributed by atoms with Gasteiger partial charge in [-0.1, -0.05) is 42.1 Å². The minimum Gasteiger partial charge on any atom is -0.355 e. The van der Waals surface area contributed by atoms with Crippen molar-refractivity contribution >= 4 is 40.6 Å². The third-order valence-electron chi connectivity index (χ3n) is 6.63. The standard InChI is InChI=1S/C25H32Cl2N4O/c26-21-7-5-6-20(16-21)25(32)29-23-17-22(27)18-28-24(23)31-14-9-19(10-15-31)8-13-30-11-3-1-2-4-12-30/h5-7,16-19H,1-4,8-15H2,(H,29,32). The van der Waals surface area contributed by atoms with E-state index in [9.17, 15) is 4.79 Å². The fourth-order valence-corrected chi connectivity index (χ4v) is 5.11. The highest BCUT2D eigenvalue weighted by Crippen LogP contribution is 2.31. The number of anilines is 2. The molecule has 1 aromatic carbocycles. The van der Waals surface area contributed by atoms with E-state index in [1.54, 1.807) is 36.5 Å². The molecule has 3 heterocycles. The van der Waals surface area contributed by atoms with E-state index < -0.39 is 0 Å². The lowest BCUT2D eigenvalue weighted by atomic mass is 9.93. The Labute approximate surface area is 201 Å². The number of amides is 1. The SMILES string of the molecule is O=C(Nc1cc(Cl)cnc1N1CCC(CCN2CCCCCC2)CC1)c1cccc(Cl)c1. The minimum absolute atomic E-state index is 0.217. The summed E-state index contributed by atoms with van der Waals surface area (Å²) in [5, 5.41) is 4.02. The molecule has 0 bridgehead atoms. The average molecular weight is 475 g/mol. The van der Waals surface area contributed by atoms with Crippen LogP contribution in [0.15, 0.2) is 36.5 Å². The lowest BCUT2D eigenvalue weighted by molar-refractivity contribution is 0.102. The molecule has 2 aliphatic heterocycles. The maximum Gasteiger partial charge on any atom is 0.255 e. The van der Waals surface area contributed by atoms with Crippen LogP contribution in [-0.4, -0.2) is 48.5 Å². The maximum atomic E-state index is 12.8. The summed E-state index contributed by atoms with van der Waals surface area (Å²) in [6.07, 6.45) is 10.7. The number of hydrogen-bond donors (Lipinski definition) is 1. The Balaban J connectivity index is 1.35. The number of hydrogen-bond acceptors (Lipinski definition) is 4. The fraction of sp³-hybridized carbons (Fsp3) is 0.520. The number of nitrogens with one attached hydrogen (secondary N) is 1. The van der Waals surface area contributed by atoms with Crippen LogP contribution >= 0.6 is 23.2 Å². The number of piperidine rings is 1. The Morgan fingerprint density at radius 3 is 2.47 bits per heavy atom. The number of halogens is 2. The van der Waals surface area contributed by atoms with Crippen LogP contribution in [0.2, 0.25) is 10.0 Å². The van der Waals surface area contributed by atoms with Crippen molar-refractivity contribution in [2.75, 3.05) is 42.9 Å². The van der Waals surface area contributed by atoms with E-state index in [-0.39, 0.29) is 5.91 Å². The topological polar surface area (TPSA) is 48.5 Å². The summed E-state index contributed by atoms with van der Waals surface area (Å²) in [6.45, 7) is 5.65. The lowest BCUT2D eigenvalue weighted by Crippen LogP contribution is -2.36. The van der Waals surface area contributed by atoms with E-state index >= 15 is 0 Å². The van der Waals surface area contributed by atoms with Gasteiger partial charge in [0.25, 0.3) is 5.91 Å². The average Bonchev–Trinajstić information content (AvgIpc) is 3.07. The molecule has 32 heavy (non-hydrogen) atoms. The molecule has 5 nitrogen and oxygen atoms in total. The number of likely N-dealkylation sites (tertiary alicyclic amines) is 1. The maximum absolute atomic E-state index is 12.8. The Bertz CT molecular complexity index is 907. The van der Waals surface area contributed by atoms with Gasteiger partial charge in [0.1, 0.15) is 0 Å². The Hall–Kier alpha value is -1.82. The second-order valence-corrected chi connectivity index (χ2v) is 9.84. The largest absolute Gasteiger partial charge is 0.355 e. The zero-order chi connectivity index (χ0) is 22.3. The summed E-state index contributed by atoms with van der Waals surface area (Å²) < 4.78 is 0. The van der Waals surface area contributed by atoms with Crippen LogP contribution in [0.1, 0.15) is 55.3 Å². The molecule has 0 atom stereocenters. The molecule has 172 valence electrons. The molecule has 0 aliphatic carbocycles. The van der Waals surface area contributed by atoms with Gasteiger partial charge in [-0.25, -0.2) is 4.98 Å². The second-order valence-electron chi connectivity index (χ2n) is 8.96. The van der Waals surface area contributed by atoms with Gasteiger partial charge in [0.05, 0.1) is 10.7 Å². The molecule has 7 heteroatoms. The third-order valence-corrected chi connectivity index (χ3v) is 7.08. The molecule has 0 saturated carbocycles. The predicted molar refractivity (Wildman–Crippen MR) is 133 cm³/mol. The highest BCUT2D eigenvalue weighted by molar-refractivity contribution is 6.31. The van der Waals surface area contributed by atoms with E-state index in [2.05, 4.69) is 20.1 Å². The number of carbonyl (C=O) groups excluding carboxylic acids is 1. The smallest absolute Gasteiger partial charge is 0.255 e. The van der Waals surface area contributed by atoms with Crippen molar-refractivity contribution in [3.8, 4) is 0 Å². The van der Waals surface area contributed by atoms with Crippen LogP contribution < -0.4 is 10.2 Å². The molecular weight excluding hydrogens is 443 g/mol. The van der Waals surface area contributed by atoms with E-state index in [1.165, 1.54) is 51.7 Å². The van der Waals surface area contributed by atoms with Gasteiger partial charge >= 0.3 is 0 Å². The van der Waals surface area contributed by atoms with Crippen LogP contribution in [0, 0.1) is 5.92 Å². The van der Waals surface area contributed by atoms with Crippen LogP contribution in [0.25, 0.3) is 0 Å². The van der Waals surface area contributed by atoms with Crippen molar-refractivity contribution in [2.24, 2.45) is 5.92 Å². The molecule has 2 saturated heterocycles. The minimum atomic E-state index is -0.217. The van der Waals surface area contributed by atoms with Gasteiger partial charge in [0, 0.05) is 29.9 Å².